The first-order chi connectivity index (χ1) is 12.9. The van der Waals surface area contributed by atoms with Crippen LogP contribution in [0.25, 0.3) is 10.9 Å². The van der Waals surface area contributed by atoms with Gasteiger partial charge in [-0.15, -0.1) is 6.42 Å². The molecular weight excluding hydrogens is 346 g/mol. The van der Waals surface area contributed by atoms with Crippen LogP contribution in [0.3, 0.4) is 0 Å². The van der Waals surface area contributed by atoms with E-state index in [1.165, 1.54) is 6.07 Å². The van der Waals surface area contributed by atoms with Gasteiger partial charge in [-0.2, -0.15) is 0 Å². The van der Waals surface area contributed by atoms with Crippen LogP contribution >= 0.6 is 0 Å². The second-order valence-electron chi connectivity index (χ2n) is 7.83. The molecule has 1 N–H and O–H groups in total. The van der Waals surface area contributed by atoms with Crippen LogP contribution in [0.1, 0.15) is 63.8 Å². The second-order valence-corrected chi connectivity index (χ2v) is 7.83. The molecule has 2 heterocycles. The standard InChI is InChI=1S/C22H26F2N2O/c1-5-7-8-15-12-17-16-10-14(23)11-18(24)21(16)25-22(17)19(9-13(3)4)26(15)20(27)6-2/h2,10-11,13,15,19,25H,5,7-9,12H2,1,3-4H3/t15-,19-/m0/s1. The summed E-state index contributed by atoms with van der Waals surface area (Å²) in [4.78, 5) is 17.6. The smallest absolute Gasteiger partial charge is 0.299 e. The monoisotopic (exact) mass is 372 g/mol. The molecule has 1 aromatic carbocycles. The molecule has 0 bridgehead atoms. The average molecular weight is 372 g/mol. The van der Waals surface area contributed by atoms with E-state index in [-0.39, 0.29) is 18.0 Å². The van der Waals surface area contributed by atoms with E-state index in [0.717, 1.165) is 36.6 Å². The van der Waals surface area contributed by atoms with Crippen molar-refractivity contribution in [1.82, 2.24) is 9.88 Å². The van der Waals surface area contributed by atoms with Gasteiger partial charge in [0.25, 0.3) is 5.91 Å². The largest absolute Gasteiger partial charge is 0.354 e. The van der Waals surface area contributed by atoms with Gasteiger partial charge in [0.15, 0.2) is 0 Å². The number of rotatable bonds is 5. The van der Waals surface area contributed by atoms with Crippen molar-refractivity contribution in [1.29, 1.82) is 0 Å². The Balaban J connectivity index is 2.19. The summed E-state index contributed by atoms with van der Waals surface area (Å²) < 4.78 is 28.2. The fraction of sp³-hybridized carbons (Fsp3) is 0.500. The van der Waals surface area contributed by atoms with Crippen molar-refractivity contribution in [2.75, 3.05) is 0 Å². The topological polar surface area (TPSA) is 36.1 Å². The van der Waals surface area contributed by atoms with E-state index in [2.05, 4.69) is 31.7 Å². The second kappa shape index (κ2) is 7.72. The van der Waals surface area contributed by atoms with Crippen LogP contribution in [0, 0.1) is 29.9 Å². The normalized spacial score (nSPS) is 19.4. The van der Waals surface area contributed by atoms with Gasteiger partial charge in [0.1, 0.15) is 11.6 Å². The number of nitrogens with one attached hydrogen (secondary N) is 1. The van der Waals surface area contributed by atoms with Crippen molar-refractivity contribution in [3.63, 3.8) is 0 Å². The molecule has 144 valence electrons. The van der Waals surface area contributed by atoms with Gasteiger partial charge in [-0.25, -0.2) is 8.78 Å². The van der Waals surface area contributed by atoms with Crippen LogP contribution in [0.5, 0.6) is 0 Å². The molecule has 1 aromatic heterocycles. The van der Waals surface area contributed by atoms with E-state index < -0.39 is 11.6 Å². The summed E-state index contributed by atoms with van der Waals surface area (Å²) in [5.41, 5.74) is 2.01. The van der Waals surface area contributed by atoms with Crippen LogP contribution in [0.4, 0.5) is 8.78 Å². The fourth-order valence-corrected chi connectivity index (χ4v) is 4.27. The lowest BCUT2D eigenvalue weighted by Gasteiger charge is -2.42. The Morgan fingerprint density at radius 1 is 1.41 bits per heavy atom. The lowest BCUT2D eigenvalue weighted by Crippen LogP contribution is -2.47. The maximum absolute atomic E-state index is 14.4. The van der Waals surface area contributed by atoms with Crippen molar-refractivity contribution < 1.29 is 13.6 Å². The molecule has 1 aliphatic heterocycles. The summed E-state index contributed by atoms with van der Waals surface area (Å²) in [7, 11) is 0. The highest BCUT2D eigenvalue weighted by Gasteiger charge is 2.39. The summed E-state index contributed by atoms with van der Waals surface area (Å²) in [6.07, 6.45) is 9.52. The molecule has 27 heavy (non-hydrogen) atoms. The minimum atomic E-state index is -0.609. The third kappa shape index (κ3) is 3.58. The molecule has 0 radical (unpaired) electrons. The summed E-state index contributed by atoms with van der Waals surface area (Å²) in [5, 5.41) is 0.575. The number of benzene rings is 1. The van der Waals surface area contributed by atoms with E-state index >= 15 is 0 Å². The maximum atomic E-state index is 14.4. The highest BCUT2D eigenvalue weighted by atomic mass is 19.1. The van der Waals surface area contributed by atoms with Gasteiger partial charge < -0.3 is 9.88 Å². The number of nitrogens with zero attached hydrogens (tertiary/aromatic N) is 1. The van der Waals surface area contributed by atoms with Crippen molar-refractivity contribution in [2.45, 2.75) is 65.0 Å². The Bertz CT molecular complexity index is 894. The number of unbranched alkanes of at least 4 members (excludes halogenated alkanes) is 1. The Morgan fingerprint density at radius 2 is 2.15 bits per heavy atom. The van der Waals surface area contributed by atoms with E-state index in [0.29, 0.717) is 29.7 Å². The molecule has 5 heteroatoms. The highest BCUT2D eigenvalue weighted by Crippen LogP contribution is 2.42. The van der Waals surface area contributed by atoms with Crippen molar-refractivity contribution in [3.8, 4) is 12.3 Å². The zero-order valence-corrected chi connectivity index (χ0v) is 16.1. The predicted molar refractivity (Wildman–Crippen MR) is 103 cm³/mol. The van der Waals surface area contributed by atoms with Gasteiger partial charge in [-0.1, -0.05) is 33.6 Å². The molecule has 0 fully saturated rings. The summed E-state index contributed by atoms with van der Waals surface area (Å²) in [5.74, 6) is 1.05. The number of carbonyl (C=O) groups is 1. The SMILES string of the molecule is C#CC(=O)N1[C@@H](CCCC)Cc2c([nH]c3c(F)cc(F)cc23)[C@@H]1CC(C)C. The predicted octanol–water partition coefficient (Wildman–Crippen LogP) is 5.11. The molecule has 1 amide bonds. The van der Waals surface area contributed by atoms with Gasteiger partial charge in [0, 0.05) is 23.2 Å². The van der Waals surface area contributed by atoms with E-state index in [1.807, 2.05) is 0 Å². The summed E-state index contributed by atoms with van der Waals surface area (Å²) in [6.45, 7) is 6.26. The van der Waals surface area contributed by atoms with Gasteiger partial charge in [0.2, 0.25) is 0 Å². The minimum Gasteiger partial charge on any atom is -0.354 e. The molecule has 0 unspecified atom stereocenters. The maximum Gasteiger partial charge on any atom is 0.299 e. The van der Waals surface area contributed by atoms with Crippen LogP contribution in [0.15, 0.2) is 12.1 Å². The van der Waals surface area contributed by atoms with Crippen molar-refractivity contribution >= 4 is 16.8 Å². The average Bonchev–Trinajstić information content (AvgIpc) is 2.98. The number of hydrogen-bond donors (Lipinski definition) is 1. The first-order valence-electron chi connectivity index (χ1n) is 9.65. The number of halogens is 2. The molecule has 2 atom stereocenters. The first-order valence-corrected chi connectivity index (χ1v) is 9.65. The third-order valence-corrected chi connectivity index (χ3v) is 5.41. The van der Waals surface area contributed by atoms with E-state index in [4.69, 9.17) is 6.42 Å². The number of H-pyrrole nitrogens is 1. The molecular formula is C22H26F2N2O. The lowest BCUT2D eigenvalue weighted by molar-refractivity contribution is -0.131. The van der Waals surface area contributed by atoms with Crippen molar-refractivity contribution in [3.05, 3.63) is 35.0 Å². The molecule has 3 nitrogen and oxygen atoms in total. The molecule has 2 aromatic rings. The number of hydrogen-bond acceptors (Lipinski definition) is 1. The quantitative estimate of drug-likeness (QED) is 0.728. The number of amides is 1. The first kappa shape index (κ1) is 19.4. The minimum absolute atomic E-state index is 0.0601. The third-order valence-electron chi connectivity index (χ3n) is 5.41. The Kier molecular flexibility index (Phi) is 5.55. The molecule has 0 aliphatic carbocycles. The fourth-order valence-electron chi connectivity index (χ4n) is 4.27. The van der Waals surface area contributed by atoms with Crippen LogP contribution in [0.2, 0.25) is 0 Å². The zero-order chi connectivity index (χ0) is 19.7. The molecule has 1 aliphatic rings. The molecule has 3 rings (SSSR count). The number of aromatic amines is 1. The number of terminal acetylenes is 1. The highest BCUT2D eigenvalue weighted by molar-refractivity contribution is 5.94. The van der Waals surface area contributed by atoms with Crippen LogP contribution in [-0.4, -0.2) is 21.8 Å². The Morgan fingerprint density at radius 3 is 2.78 bits per heavy atom. The number of fused-ring (bicyclic) bond motifs is 3. The van der Waals surface area contributed by atoms with Gasteiger partial charge in [0.05, 0.1) is 11.6 Å². The van der Waals surface area contributed by atoms with Crippen LogP contribution in [-0.2, 0) is 11.2 Å². The summed E-state index contributed by atoms with van der Waals surface area (Å²) in [6, 6.07) is 1.96. The van der Waals surface area contributed by atoms with Crippen LogP contribution < -0.4 is 0 Å². The molecule has 0 saturated heterocycles. The molecule has 0 spiro atoms. The number of carbonyl (C=O) groups excluding carboxylic acids is 1. The Labute approximate surface area is 159 Å². The lowest BCUT2D eigenvalue weighted by atomic mass is 9.85. The summed E-state index contributed by atoms with van der Waals surface area (Å²) >= 11 is 0. The van der Waals surface area contributed by atoms with E-state index in [1.54, 1.807) is 4.90 Å². The van der Waals surface area contributed by atoms with Gasteiger partial charge in [-0.05, 0) is 42.7 Å². The Hall–Kier alpha value is -2.35. The van der Waals surface area contributed by atoms with E-state index in [9.17, 15) is 13.6 Å². The molecule has 0 saturated carbocycles. The number of aromatic nitrogens is 1. The van der Waals surface area contributed by atoms with Gasteiger partial charge in [-0.3, -0.25) is 4.79 Å². The van der Waals surface area contributed by atoms with Crippen molar-refractivity contribution in [2.24, 2.45) is 5.92 Å². The van der Waals surface area contributed by atoms with Gasteiger partial charge >= 0.3 is 0 Å². The zero-order valence-electron chi connectivity index (χ0n) is 16.1.